The number of carbonyl (C=O) groups excluding carboxylic acids is 4. The van der Waals surface area contributed by atoms with E-state index in [-0.39, 0.29) is 48.1 Å². The number of nitriles is 2. The molecule has 0 aromatic carbocycles. The van der Waals surface area contributed by atoms with E-state index in [9.17, 15) is 59.3 Å². The number of hydrogen-bond acceptors (Lipinski definition) is 26. The Hall–Kier alpha value is -6.32. The van der Waals surface area contributed by atoms with Crippen molar-refractivity contribution in [2.75, 3.05) is 52.1 Å². The van der Waals surface area contributed by atoms with Gasteiger partial charge in [0.2, 0.25) is 11.2 Å². The number of nitrogens with one attached hydrogen (secondary N) is 4. The van der Waals surface area contributed by atoms with Crippen molar-refractivity contribution in [3.8, 4) is 12.1 Å². The molecule has 4 aromatic heterocycles. The maximum atomic E-state index is 13.9. The zero-order chi connectivity index (χ0) is 62.5. The maximum absolute atomic E-state index is 13.9. The van der Waals surface area contributed by atoms with Crippen LogP contribution in [0, 0.1) is 34.5 Å². The third kappa shape index (κ3) is 15.8. The van der Waals surface area contributed by atoms with Crippen LogP contribution < -0.4 is 31.8 Å². The van der Waals surface area contributed by atoms with Crippen LogP contribution in [0.25, 0.3) is 11.0 Å². The molecule has 2 aliphatic rings. The Morgan fingerprint density at radius 2 is 0.940 bits per heavy atom. The van der Waals surface area contributed by atoms with Crippen molar-refractivity contribution in [1.82, 2.24) is 49.5 Å². The molecule has 0 saturated carbocycles. The molecule has 34 heteroatoms. The summed E-state index contributed by atoms with van der Waals surface area (Å²) in [4.78, 5) is 57.3. The molecule has 6 rings (SSSR count). The van der Waals surface area contributed by atoms with Gasteiger partial charge in [0, 0.05) is 0 Å². The van der Waals surface area contributed by atoms with Gasteiger partial charge >= 0.3 is 39.2 Å². The van der Waals surface area contributed by atoms with Crippen molar-refractivity contribution in [1.29, 1.82) is 10.5 Å². The number of carbonyl (C=O) groups is 4. The summed E-state index contributed by atoms with van der Waals surface area (Å²) in [5, 5.41) is 81.9. The zero-order valence-corrected chi connectivity index (χ0v) is 50.0. The van der Waals surface area contributed by atoms with Crippen LogP contribution in [0.2, 0.25) is 0 Å². The fraction of sp³-hybridized carbons (Fsp3) is 0.640. The Kier molecular flexibility index (Phi) is 24.2. The van der Waals surface area contributed by atoms with E-state index in [1.54, 1.807) is 24.3 Å². The Bertz CT molecular complexity index is 2900. The lowest BCUT2D eigenvalue weighted by atomic mass is 9.96. The highest BCUT2D eigenvalue weighted by molar-refractivity contribution is 7.55. The molecule has 0 unspecified atom stereocenters. The summed E-state index contributed by atoms with van der Waals surface area (Å²) in [6.45, 7) is 12.0. The van der Waals surface area contributed by atoms with E-state index in [0.717, 1.165) is 39.9 Å². The van der Waals surface area contributed by atoms with Crippen LogP contribution in [-0.2, 0) is 65.8 Å². The lowest BCUT2D eigenvalue weighted by Gasteiger charge is -2.30. The molecule has 14 atom stereocenters. The van der Waals surface area contributed by atoms with Crippen LogP contribution in [-0.4, -0.2) is 174 Å². The quantitative estimate of drug-likeness (QED) is 0.0217. The second-order valence-corrected chi connectivity index (χ2v) is 23.8. The summed E-state index contributed by atoms with van der Waals surface area (Å²) in [5.41, 5.74) is 8.64. The van der Waals surface area contributed by atoms with Crippen LogP contribution in [0.4, 0.5) is 11.6 Å². The predicted molar refractivity (Wildman–Crippen MR) is 295 cm³/mol. The molecule has 4 aromatic rings. The number of esters is 4. The first-order valence-electron chi connectivity index (χ1n) is 26.9. The van der Waals surface area contributed by atoms with Gasteiger partial charge in [0.05, 0.1) is 38.8 Å². The van der Waals surface area contributed by atoms with Crippen LogP contribution in [0.5, 0.6) is 0 Å². The molecule has 32 nitrogen and oxygen atoms in total. The second kappa shape index (κ2) is 29.7. The molecule has 0 radical (unpaired) electrons. The summed E-state index contributed by atoms with van der Waals surface area (Å²) in [5.74, 6) is -2.39. The number of aliphatic hydroxyl groups is 4. The highest BCUT2D eigenvalue weighted by Gasteiger charge is 2.59. The van der Waals surface area contributed by atoms with E-state index in [4.69, 9.17) is 39.5 Å². The third-order valence-corrected chi connectivity index (χ3v) is 18.2. The third-order valence-electron chi connectivity index (χ3n) is 14.3. The number of ether oxygens (including phenoxy) is 6. The van der Waals surface area contributed by atoms with Gasteiger partial charge in [-0.1, -0.05) is 53.4 Å². The van der Waals surface area contributed by atoms with Crippen LogP contribution in [0.3, 0.4) is 0 Å². The van der Waals surface area contributed by atoms with Gasteiger partial charge in [-0.3, -0.25) is 28.3 Å². The highest BCUT2D eigenvalue weighted by atomic mass is 31.2. The van der Waals surface area contributed by atoms with Crippen LogP contribution in [0.15, 0.2) is 36.9 Å². The number of anilines is 2. The van der Waals surface area contributed by atoms with Gasteiger partial charge in [-0.05, 0) is 63.8 Å². The Morgan fingerprint density at radius 1 is 0.619 bits per heavy atom. The Balaban J connectivity index is 0.000000307. The monoisotopic (exact) mass is 1220 g/mol. The molecule has 0 aliphatic carbocycles. The van der Waals surface area contributed by atoms with Gasteiger partial charge in [0.25, 0.3) is 0 Å². The number of nitrogen functional groups attached to an aromatic ring is 2. The number of rotatable bonds is 28. The largest absolute Gasteiger partial charge is 0.468 e. The molecule has 2 saturated heterocycles. The van der Waals surface area contributed by atoms with Crippen LogP contribution in [0.1, 0.15) is 105 Å². The van der Waals surface area contributed by atoms with Gasteiger partial charge in [-0.15, -0.1) is 0 Å². The number of fused-ring (bicyclic) bond motifs is 2. The fourth-order valence-electron chi connectivity index (χ4n) is 8.83. The van der Waals surface area contributed by atoms with Gasteiger partial charge in [0.15, 0.2) is 11.6 Å². The Morgan fingerprint density at radius 3 is 1.24 bits per heavy atom. The average molecular weight is 1220 g/mol. The zero-order valence-electron chi connectivity index (χ0n) is 48.2. The van der Waals surface area contributed by atoms with Crippen molar-refractivity contribution in [3.05, 3.63) is 48.3 Å². The molecule has 0 bridgehead atoms. The molecule has 84 heavy (non-hydrogen) atoms. The van der Waals surface area contributed by atoms with E-state index in [2.05, 4.69) is 50.0 Å². The number of aromatic nitrogens is 6. The molecule has 2 aliphatic heterocycles. The summed E-state index contributed by atoms with van der Waals surface area (Å²) in [7, 11) is -6.45. The molecule has 0 amide bonds. The Labute approximate surface area is 484 Å². The van der Waals surface area contributed by atoms with Crippen molar-refractivity contribution in [3.63, 3.8) is 0 Å². The van der Waals surface area contributed by atoms with Crippen molar-refractivity contribution >= 4 is 61.9 Å². The maximum Gasteiger partial charge on any atom is 0.342 e. The average Bonchev–Trinajstić information content (AvgIpc) is 2.74. The van der Waals surface area contributed by atoms with Crippen molar-refractivity contribution in [2.24, 2.45) is 11.8 Å². The first-order chi connectivity index (χ1) is 39.7. The SMILES string of the molecule is CCC(CC)COC(=O)[C@H](C)N[P@@](=O)(N[C@@H](C)C(=O)OC)OC[C@@]1(C#N)O[C@@H](c2ccc3c(N)ncnn23)[C@H](O)[C@@H]1O.CCC(CC)COC(=O)[C@H](C)N[P@](=O)(N[C@@H](C)C(=O)OC)OC[C@@]1(C#N)O[C@@H](c2ccc3c(N)ncnn23)[C@H](O)[C@@H]1O. The van der Waals surface area contributed by atoms with E-state index in [1.165, 1.54) is 61.5 Å². The van der Waals surface area contributed by atoms with E-state index in [1.807, 2.05) is 27.7 Å². The predicted octanol–water partition coefficient (Wildman–Crippen LogP) is 1.20. The lowest BCUT2D eigenvalue weighted by molar-refractivity contribution is -0.147. The molecule has 0 spiro atoms. The summed E-state index contributed by atoms with van der Waals surface area (Å²) >= 11 is 0. The van der Waals surface area contributed by atoms with E-state index < -0.39 is 124 Å². The normalized spacial score (nSPS) is 25.1. The summed E-state index contributed by atoms with van der Waals surface area (Å²) < 4.78 is 73.5. The number of aliphatic hydroxyl groups excluding tert-OH is 4. The minimum Gasteiger partial charge on any atom is -0.468 e. The molecule has 2 fully saturated rings. The fourth-order valence-corrected chi connectivity index (χ4v) is 12.5. The second-order valence-electron chi connectivity index (χ2n) is 20.1. The molecule has 12 N–H and O–H groups in total. The van der Waals surface area contributed by atoms with E-state index in [0.29, 0.717) is 11.0 Å². The highest BCUT2D eigenvalue weighted by Crippen LogP contribution is 2.48. The number of nitrogens with two attached hydrogens (primary N) is 2. The number of methoxy groups -OCH3 is 2. The van der Waals surface area contributed by atoms with Gasteiger partial charge in [-0.2, -0.15) is 20.7 Å². The number of nitrogens with zero attached hydrogens (tertiary/aromatic N) is 8. The lowest BCUT2D eigenvalue weighted by Crippen LogP contribution is -2.48. The van der Waals surface area contributed by atoms with Crippen molar-refractivity contribution in [2.45, 2.75) is 153 Å². The smallest absolute Gasteiger partial charge is 0.342 e. The van der Waals surface area contributed by atoms with Crippen LogP contribution >= 0.6 is 15.3 Å². The van der Waals surface area contributed by atoms with Gasteiger partial charge < -0.3 is 69.4 Å². The van der Waals surface area contributed by atoms with E-state index >= 15 is 0 Å². The topological polar surface area (TPSA) is 465 Å². The standard InChI is InChI=1S/2C25H38N7O9P/c2*1-6-16(7-2)10-39-24(36)15(4)31-42(37,30-14(3)23(35)38-5)40-12-25(11-26)21(34)19(33)20(41-25)17-8-9-18-22(27)28-13-29-32(17)18/h2*8-9,13-16,19-21,33-34H,6-7,10,12H2,1-5H3,(H2,27,28,29)(H2,30,31,37)/t14-,15-,19-,20-,21-,25+,42+;14-,15-,19-,20-,21-,25+,42-/m00/s1. The summed E-state index contributed by atoms with van der Waals surface area (Å²) in [6, 6.07) is 5.14. The summed E-state index contributed by atoms with van der Waals surface area (Å²) in [6.07, 6.45) is -3.86. The minimum absolute atomic E-state index is 0.151. The first kappa shape index (κ1) is 68.5. The van der Waals surface area contributed by atoms with Gasteiger partial charge in [-0.25, -0.2) is 39.3 Å². The van der Waals surface area contributed by atoms with Crippen molar-refractivity contribution < 1.29 is 86.2 Å². The molecule has 464 valence electrons. The number of hydrogen-bond donors (Lipinski definition) is 10. The minimum atomic E-state index is -4.36. The molecule has 6 heterocycles. The first-order valence-corrected chi connectivity index (χ1v) is 30.1. The molecular weight excluding hydrogens is 1150 g/mol. The van der Waals surface area contributed by atoms with Gasteiger partial charge in [0.1, 0.15) is 110 Å². The molecular formula is C50H76N14O18P2.